The summed E-state index contributed by atoms with van der Waals surface area (Å²) < 4.78 is 5.45. The summed E-state index contributed by atoms with van der Waals surface area (Å²) >= 11 is 0. The summed E-state index contributed by atoms with van der Waals surface area (Å²) in [6.45, 7) is 3.48. The molecule has 5 nitrogen and oxygen atoms in total. The van der Waals surface area contributed by atoms with Crippen LogP contribution in [0, 0.1) is 0 Å². The first-order chi connectivity index (χ1) is 10.1. The molecular weight excluding hydrogens is 268 g/mol. The van der Waals surface area contributed by atoms with Crippen LogP contribution in [-0.4, -0.2) is 37.5 Å². The third-order valence-corrected chi connectivity index (χ3v) is 3.50. The zero-order chi connectivity index (χ0) is 15.1. The number of ether oxygens (including phenoxy) is 1. The highest BCUT2D eigenvalue weighted by Crippen LogP contribution is 2.12. The van der Waals surface area contributed by atoms with Gasteiger partial charge >= 0.3 is 0 Å². The third-order valence-electron chi connectivity index (χ3n) is 3.50. The number of anilines is 1. The standard InChI is InChI=1S/C16H22N2O3/c1-12(19)13-4-2-5-14(10-13)17-8-7-16(20)18-11-15-6-3-9-21-15/h2,4-5,10,15,17H,3,6-9,11H2,1H3,(H,18,20). The van der Waals surface area contributed by atoms with Gasteiger partial charge in [0.15, 0.2) is 5.78 Å². The van der Waals surface area contributed by atoms with Gasteiger partial charge in [-0.3, -0.25) is 9.59 Å². The van der Waals surface area contributed by atoms with E-state index in [0.29, 0.717) is 25.1 Å². The largest absolute Gasteiger partial charge is 0.385 e. The summed E-state index contributed by atoms with van der Waals surface area (Å²) in [7, 11) is 0. The number of ketones is 1. The second-order valence-corrected chi connectivity index (χ2v) is 5.25. The fraction of sp³-hybridized carbons (Fsp3) is 0.500. The number of amides is 1. The molecule has 1 heterocycles. The van der Waals surface area contributed by atoms with Crippen LogP contribution in [0.5, 0.6) is 0 Å². The molecular formula is C16H22N2O3. The number of carbonyl (C=O) groups excluding carboxylic acids is 2. The molecule has 1 aliphatic rings. The van der Waals surface area contributed by atoms with Crippen molar-refractivity contribution in [1.29, 1.82) is 0 Å². The van der Waals surface area contributed by atoms with Crippen molar-refractivity contribution in [3.05, 3.63) is 29.8 Å². The van der Waals surface area contributed by atoms with Gasteiger partial charge in [-0.25, -0.2) is 0 Å². The van der Waals surface area contributed by atoms with Gasteiger partial charge in [0.1, 0.15) is 0 Å². The Morgan fingerprint density at radius 3 is 2.95 bits per heavy atom. The van der Waals surface area contributed by atoms with Gasteiger partial charge in [-0.15, -0.1) is 0 Å². The molecule has 0 aromatic heterocycles. The Morgan fingerprint density at radius 2 is 2.24 bits per heavy atom. The van der Waals surface area contributed by atoms with E-state index >= 15 is 0 Å². The first-order valence-electron chi connectivity index (χ1n) is 7.38. The molecule has 1 saturated heterocycles. The van der Waals surface area contributed by atoms with E-state index < -0.39 is 0 Å². The quantitative estimate of drug-likeness (QED) is 0.754. The lowest BCUT2D eigenvalue weighted by Gasteiger charge is -2.11. The summed E-state index contributed by atoms with van der Waals surface area (Å²) in [4.78, 5) is 23.0. The van der Waals surface area contributed by atoms with Crippen LogP contribution in [-0.2, 0) is 9.53 Å². The highest BCUT2D eigenvalue weighted by Gasteiger charge is 2.15. The van der Waals surface area contributed by atoms with Crippen LogP contribution in [0.1, 0.15) is 36.5 Å². The summed E-state index contributed by atoms with van der Waals surface area (Å²) in [6.07, 6.45) is 2.68. The van der Waals surface area contributed by atoms with E-state index in [1.54, 1.807) is 12.1 Å². The Bertz CT molecular complexity index is 496. The lowest BCUT2D eigenvalue weighted by molar-refractivity contribution is -0.121. The van der Waals surface area contributed by atoms with Crippen molar-refractivity contribution in [3.8, 4) is 0 Å². The van der Waals surface area contributed by atoms with Crippen LogP contribution < -0.4 is 10.6 Å². The van der Waals surface area contributed by atoms with Crippen molar-refractivity contribution in [1.82, 2.24) is 5.32 Å². The Labute approximate surface area is 125 Å². The van der Waals surface area contributed by atoms with Crippen molar-refractivity contribution < 1.29 is 14.3 Å². The highest BCUT2D eigenvalue weighted by molar-refractivity contribution is 5.94. The number of benzene rings is 1. The average molecular weight is 290 g/mol. The Morgan fingerprint density at radius 1 is 1.38 bits per heavy atom. The van der Waals surface area contributed by atoms with Crippen LogP contribution in [0.4, 0.5) is 5.69 Å². The molecule has 2 N–H and O–H groups in total. The number of nitrogens with one attached hydrogen (secondary N) is 2. The summed E-state index contributed by atoms with van der Waals surface area (Å²) in [5.74, 6) is 0.0497. The van der Waals surface area contributed by atoms with Crippen molar-refractivity contribution in [2.45, 2.75) is 32.3 Å². The van der Waals surface area contributed by atoms with Gasteiger partial charge in [0.25, 0.3) is 0 Å². The van der Waals surface area contributed by atoms with Crippen LogP contribution in [0.25, 0.3) is 0 Å². The van der Waals surface area contributed by atoms with Gasteiger partial charge in [0, 0.05) is 37.4 Å². The maximum absolute atomic E-state index is 11.7. The molecule has 2 rings (SSSR count). The molecule has 1 unspecified atom stereocenters. The maximum Gasteiger partial charge on any atom is 0.221 e. The van der Waals surface area contributed by atoms with E-state index in [9.17, 15) is 9.59 Å². The van der Waals surface area contributed by atoms with Gasteiger partial charge in [-0.2, -0.15) is 0 Å². The van der Waals surface area contributed by atoms with Crippen molar-refractivity contribution in [2.24, 2.45) is 0 Å². The van der Waals surface area contributed by atoms with Crippen LogP contribution in [0.3, 0.4) is 0 Å². The molecule has 0 bridgehead atoms. The van der Waals surface area contributed by atoms with Crippen LogP contribution in [0.2, 0.25) is 0 Å². The van der Waals surface area contributed by atoms with E-state index in [-0.39, 0.29) is 17.8 Å². The number of rotatable bonds is 7. The predicted molar refractivity (Wildman–Crippen MR) is 81.5 cm³/mol. The van der Waals surface area contributed by atoms with E-state index in [0.717, 1.165) is 25.1 Å². The molecule has 0 aliphatic carbocycles. The number of Topliss-reactive ketones (excluding diaryl/α,β-unsaturated/α-hetero) is 1. The highest BCUT2D eigenvalue weighted by atomic mass is 16.5. The lowest BCUT2D eigenvalue weighted by atomic mass is 10.1. The molecule has 0 saturated carbocycles. The smallest absolute Gasteiger partial charge is 0.221 e. The molecule has 5 heteroatoms. The number of hydrogen-bond donors (Lipinski definition) is 2. The zero-order valence-corrected chi connectivity index (χ0v) is 12.4. The molecule has 0 radical (unpaired) electrons. The Balaban J connectivity index is 1.67. The first kappa shape index (κ1) is 15.5. The minimum absolute atomic E-state index is 0.0146. The molecule has 1 atom stereocenters. The predicted octanol–water partition coefficient (Wildman–Crippen LogP) is 1.99. The summed E-state index contributed by atoms with van der Waals surface area (Å²) in [5, 5.41) is 6.04. The van der Waals surface area contributed by atoms with Crippen molar-refractivity contribution in [2.75, 3.05) is 25.0 Å². The minimum Gasteiger partial charge on any atom is -0.385 e. The van der Waals surface area contributed by atoms with E-state index in [2.05, 4.69) is 10.6 Å². The van der Waals surface area contributed by atoms with Crippen molar-refractivity contribution >= 4 is 17.4 Å². The third kappa shape index (κ3) is 5.19. The monoisotopic (exact) mass is 290 g/mol. The molecule has 114 valence electrons. The average Bonchev–Trinajstić information content (AvgIpc) is 2.99. The van der Waals surface area contributed by atoms with Gasteiger partial charge in [-0.1, -0.05) is 12.1 Å². The molecule has 1 aromatic carbocycles. The zero-order valence-electron chi connectivity index (χ0n) is 12.4. The molecule has 1 amide bonds. The number of carbonyl (C=O) groups is 2. The normalized spacial score (nSPS) is 17.5. The Hall–Kier alpha value is -1.88. The summed E-state index contributed by atoms with van der Waals surface area (Å²) in [6, 6.07) is 7.29. The maximum atomic E-state index is 11.7. The molecule has 21 heavy (non-hydrogen) atoms. The molecule has 1 fully saturated rings. The molecule has 1 aliphatic heterocycles. The van der Waals surface area contributed by atoms with Gasteiger partial charge in [-0.05, 0) is 31.9 Å². The van der Waals surface area contributed by atoms with Gasteiger partial charge in [0.2, 0.25) is 5.91 Å². The fourth-order valence-corrected chi connectivity index (χ4v) is 2.29. The van der Waals surface area contributed by atoms with Crippen LogP contribution in [0.15, 0.2) is 24.3 Å². The Kier molecular flexibility index (Phi) is 5.75. The molecule has 1 aromatic rings. The fourth-order valence-electron chi connectivity index (χ4n) is 2.29. The SMILES string of the molecule is CC(=O)c1cccc(NCCC(=O)NCC2CCCO2)c1. The minimum atomic E-state index is 0.0146. The van der Waals surface area contributed by atoms with E-state index in [4.69, 9.17) is 4.74 Å². The van der Waals surface area contributed by atoms with Gasteiger partial charge in [0.05, 0.1) is 6.10 Å². The van der Waals surface area contributed by atoms with Crippen LogP contribution >= 0.6 is 0 Å². The molecule has 0 spiro atoms. The summed E-state index contributed by atoms with van der Waals surface area (Å²) in [5.41, 5.74) is 1.53. The van der Waals surface area contributed by atoms with Crippen molar-refractivity contribution in [3.63, 3.8) is 0 Å². The van der Waals surface area contributed by atoms with Gasteiger partial charge < -0.3 is 15.4 Å². The number of hydrogen-bond acceptors (Lipinski definition) is 4. The first-order valence-corrected chi connectivity index (χ1v) is 7.38. The topological polar surface area (TPSA) is 67.4 Å². The second kappa shape index (κ2) is 7.78. The second-order valence-electron chi connectivity index (χ2n) is 5.25. The lowest BCUT2D eigenvalue weighted by Crippen LogP contribution is -2.32. The van der Waals surface area contributed by atoms with E-state index in [1.807, 2.05) is 12.1 Å². The van der Waals surface area contributed by atoms with E-state index in [1.165, 1.54) is 6.92 Å².